The van der Waals surface area contributed by atoms with Crippen molar-refractivity contribution < 1.29 is 9.59 Å². The van der Waals surface area contributed by atoms with E-state index < -0.39 is 5.54 Å². The van der Waals surface area contributed by atoms with Crippen LogP contribution < -0.4 is 5.73 Å². The number of amides is 3. The van der Waals surface area contributed by atoms with E-state index in [2.05, 4.69) is 0 Å². The van der Waals surface area contributed by atoms with Crippen molar-refractivity contribution in [3.05, 3.63) is 0 Å². The average molecular weight is 214 g/mol. The summed E-state index contributed by atoms with van der Waals surface area (Å²) in [5.74, 6) is -0.202. The molecule has 6 nitrogen and oxygen atoms in total. The van der Waals surface area contributed by atoms with Crippen molar-refractivity contribution in [3.8, 4) is 0 Å². The maximum Gasteiger partial charge on any atom is 0.342 e. The smallest absolute Gasteiger partial charge is 0.329 e. The Morgan fingerprint density at radius 1 is 1.33 bits per heavy atom. The van der Waals surface area contributed by atoms with E-state index in [-0.39, 0.29) is 25.0 Å². The van der Waals surface area contributed by atoms with Crippen molar-refractivity contribution in [1.82, 2.24) is 14.9 Å². The van der Waals surface area contributed by atoms with Gasteiger partial charge in [-0.15, -0.1) is 0 Å². The number of hydrogen-bond acceptors (Lipinski definition) is 4. The molecule has 0 aromatic rings. The van der Waals surface area contributed by atoms with Gasteiger partial charge in [0.1, 0.15) is 5.54 Å². The van der Waals surface area contributed by atoms with Crippen molar-refractivity contribution in [2.24, 2.45) is 5.73 Å². The molecule has 0 saturated carbocycles. The Labute approximate surface area is 89.6 Å². The summed E-state index contributed by atoms with van der Waals surface area (Å²) in [4.78, 5) is 25.0. The molecular formula is C9H18N4O2. The second kappa shape index (κ2) is 3.79. The number of urea groups is 1. The number of hydrogen-bond donors (Lipinski definition) is 1. The van der Waals surface area contributed by atoms with Crippen LogP contribution in [0.5, 0.6) is 0 Å². The molecule has 1 saturated heterocycles. The van der Waals surface area contributed by atoms with Crippen LogP contribution in [0.2, 0.25) is 0 Å². The van der Waals surface area contributed by atoms with Gasteiger partial charge in [-0.2, -0.15) is 0 Å². The topological polar surface area (TPSA) is 69.9 Å². The fourth-order valence-corrected chi connectivity index (χ4v) is 1.86. The first-order valence-electron chi connectivity index (χ1n) is 4.87. The quantitative estimate of drug-likeness (QED) is 0.641. The standard InChI is InChI=1S/C9H18N4O2/c1-9(2)7(14)12(6-5-10)8(15)13(9)11(3)4/h5-6,10H2,1-4H3. The first-order valence-corrected chi connectivity index (χ1v) is 4.87. The molecule has 86 valence electrons. The van der Waals surface area contributed by atoms with Crippen molar-refractivity contribution in [2.75, 3.05) is 27.2 Å². The predicted molar refractivity (Wildman–Crippen MR) is 55.8 cm³/mol. The highest BCUT2D eigenvalue weighted by Gasteiger charge is 2.52. The van der Waals surface area contributed by atoms with Crippen LogP contribution in [0.1, 0.15) is 13.8 Å². The normalized spacial score (nSPS) is 20.7. The third kappa shape index (κ3) is 1.70. The summed E-state index contributed by atoms with van der Waals surface area (Å²) in [6.07, 6.45) is 0. The van der Waals surface area contributed by atoms with Gasteiger partial charge in [0.25, 0.3) is 5.91 Å². The van der Waals surface area contributed by atoms with E-state index in [1.807, 2.05) is 0 Å². The van der Waals surface area contributed by atoms with Gasteiger partial charge in [0.05, 0.1) is 0 Å². The summed E-state index contributed by atoms with van der Waals surface area (Å²) in [6.45, 7) is 4.01. The maximum atomic E-state index is 11.9. The molecule has 0 spiro atoms. The molecule has 0 aromatic heterocycles. The van der Waals surface area contributed by atoms with Crippen molar-refractivity contribution in [3.63, 3.8) is 0 Å². The van der Waals surface area contributed by atoms with Gasteiger partial charge in [-0.3, -0.25) is 9.69 Å². The summed E-state index contributed by atoms with van der Waals surface area (Å²) in [5.41, 5.74) is 4.54. The van der Waals surface area contributed by atoms with Crippen LogP contribution >= 0.6 is 0 Å². The minimum atomic E-state index is -0.824. The summed E-state index contributed by atoms with van der Waals surface area (Å²) in [5, 5.41) is 3.06. The molecule has 1 fully saturated rings. The van der Waals surface area contributed by atoms with Gasteiger partial charge in [0, 0.05) is 27.2 Å². The lowest BCUT2D eigenvalue weighted by Crippen LogP contribution is -2.51. The largest absolute Gasteiger partial charge is 0.342 e. The van der Waals surface area contributed by atoms with Crippen molar-refractivity contribution >= 4 is 11.9 Å². The SMILES string of the molecule is CN(C)N1C(=O)N(CCN)C(=O)C1(C)C. The monoisotopic (exact) mass is 214 g/mol. The van der Waals surface area contributed by atoms with Gasteiger partial charge in [0.2, 0.25) is 0 Å². The van der Waals surface area contributed by atoms with E-state index in [9.17, 15) is 9.59 Å². The van der Waals surface area contributed by atoms with E-state index >= 15 is 0 Å². The molecule has 0 unspecified atom stereocenters. The summed E-state index contributed by atoms with van der Waals surface area (Å²) >= 11 is 0. The minimum Gasteiger partial charge on any atom is -0.329 e. The highest BCUT2D eigenvalue weighted by atomic mass is 16.2. The zero-order chi connectivity index (χ0) is 11.8. The lowest BCUT2D eigenvalue weighted by atomic mass is 10.1. The Kier molecular flexibility index (Phi) is 3.01. The molecule has 0 aromatic carbocycles. The summed E-state index contributed by atoms with van der Waals surface area (Å²) < 4.78 is 0. The predicted octanol–water partition coefficient (Wildman–Crippen LogP) is -0.535. The van der Waals surface area contributed by atoms with Gasteiger partial charge in [-0.25, -0.2) is 14.8 Å². The van der Waals surface area contributed by atoms with Crippen LogP contribution in [0.3, 0.4) is 0 Å². The Morgan fingerprint density at radius 3 is 2.20 bits per heavy atom. The molecule has 1 aliphatic rings. The Morgan fingerprint density at radius 2 is 1.87 bits per heavy atom. The van der Waals surface area contributed by atoms with Crippen LogP contribution in [0, 0.1) is 0 Å². The molecule has 6 heteroatoms. The molecule has 0 atom stereocenters. The third-order valence-electron chi connectivity index (χ3n) is 2.46. The minimum absolute atomic E-state index is 0.202. The molecule has 0 radical (unpaired) electrons. The van der Waals surface area contributed by atoms with E-state index in [1.54, 1.807) is 33.0 Å². The zero-order valence-electron chi connectivity index (χ0n) is 9.65. The van der Waals surface area contributed by atoms with E-state index in [4.69, 9.17) is 5.73 Å². The molecule has 1 aliphatic heterocycles. The molecule has 2 N–H and O–H groups in total. The number of imide groups is 1. The number of nitrogens with two attached hydrogens (primary N) is 1. The van der Waals surface area contributed by atoms with E-state index in [0.717, 1.165) is 0 Å². The first kappa shape index (κ1) is 11.9. The number of nitrogens with zero attached hydrogens (tertiary/aromatic N) is 3. The Bertz CT molecular complexity index is 288. The third-order valence-corrected chi connectivity index (χ3v) is 2.46. The van der Waals surface area contributed by atoms with Gasteiger partial charge in [-0.1, -0.05) is 0 Å². The molecule has 15 heavy (non-hydrogen) atoms. The van der Waals surface area contributed by atoms with Gasteiger partial charge in [-0.05, 0) is 13.8 Å². The number of carbonyl (C=O) groups excluding carboxylic acids is 2. The summed E-state index contributed by atoms with van der Waals surface area (Å²) in [6, 6.07) is -0.305. The van der Waals surface area contributed by atoms with E-state index in [0.29, 0.717) is 0 Å². The van der Waals surface area contributed by atoms with Crippen molar-refractivity contribution in [2.45, 2.75) is 19.4 Å². The van der Waals surface area contributed by atoms with Crippen LogP contribution in [-0.4, -0.2) is 59.6 Å². The fraction of sp³-hybridized carbons (Fsp3) is 0.778. The lowest BCUT2D eigenvalue weighted by molar-refractivity contribution is -0.134. The Hall–Kier alpha value is -1.14. The lowest BCUT2D eigenvalue weighted by Gasteiger charge is -2.32. The highest BCUT2D eigenvalue weighted by Crippen LogP contribution is 2.27. The van der Waals surface area contributed by atoms with Crippen LogP contribution in [0.4, 0.5) is 4.79 Å². The first-order chi connectivity index (χ1) is 6.84. The molecule has 1 heterocycles. The van der Waals surface area contributed by atoms with Crippen LogP contribution in [0.15, 0.2) is 0 Å². The average Bonchev–Trinajstić information content (AvgIpc) is 2.26. The van der Waals surface area contributed by atoms with E-state index in [1.165, 1.54) is 9.91 Å². The molecular weight excluding hydrogens is 196 g/mol. The molecule has 0 aliphatic carbocycles. The molecule has 3 amide bonds. The molecule has 1 rings (SSSR count). The van der Waals surface area contributed by atoms with Crippen LogP contribution in [-0.2, 0) is 4.79 Å². The number of rotatable bonds is 3. The second-order valence-corrected chi connectivity index (χ2v) is 4.25. The Balaban J connectivity index is 3.03. The highest BCUT2D eigenvalue weighted by molar-refractivity contribution is 6.06. The van der Waals surface area contributed by atoms with Crippen LogP contribution in [0.25, 0.3) is 0 Å². The van der Waals surface area contributed by atoms with Gasteiger partial charge in [0.15, 0.2) is 0 Å². The summed E-state index contributed by atoms with van der Waals surface area (Å²) in [7, 11) is 3.47. The van der Waals surface area contributed by atoms with Crippen molar-refractivity contribution in [1.29, 1.82) is 0 Å². The number of carbonyl (C=O) groups is 2. The van der Waals surface area contributed by atoms with Gasteiger partial charge >= 0.3 is 6.03 Å². The zero-order valence-corrected chi connectivity index (χ0v) is 9.65. The fourth-order valence-electron chi connectivity index (χ4n) is 1.86. The second-order valence-electron chi connectivity index (χ2n) is 4.25. The maximum absolute atomic E-state index is 11.9. The number of hydrazine groups is 1. The van der Waals surface area contributed by atoms with Gasteiger partial charge < -0.3 is 5.73 Å². The molecule has 0 bridgehead atoms.